The molecule has 2 aromatic heterocycles. The van der Waals surface area contributed by atoms with E-state index in [0.29, 0.717) is 30.5 Å². The lowest BCUT2D eigenvalue weighted by molar-refractivity contribution is 0.249. The van der Waals surface area contributed by atoms with Gasteiger partial charge >= 0.3 is 0 Å². The summed E-state index contributed by atoms with van der Waals surface area (Å²) in [6.07, 6.45) is 7.45. The predicted octanol–water partition coefficient (Wildman–Crippen LogP) is 4.99. The van der Waals surface area contributed by atoms with Gasteiger partial charge in [0, 0.05) is 54.0 Å². The SMILES string of the molecule is CN(C)C1CCN(c2ccc(Nc3ncc4ccn(-c5cccc(NS(=O)(=O)C6(C)CC6)c5)c4n3)cc2)CC1. The quantitative estimate of drug-likeness (QED) is 0.322. The Morgan fingerprint density at radius 1 is 0.974 bits per heavy atom. The first kappa shape index (κ1) is 25.6. The molecule has 0 spiro atoms. The molecule has 3 heterocycles. The Bertz CT molecular complexity index is 1590. The summed E-state index contributed by atoms with van der Waals surface area (Å²) in [5.74, 6) is 0.500. The molecular formula is C29H35N7O2S. The van der Waals surface area contributed by atoms with Crippen LogP contribution in [-0.2, 0) is 10.0 Å². The van der Waals surface area contributed by atoms with Gasteiger partial charge in [-0.1, -0.05) is 6.07 Å². The van der Waals surface area contributed by atoms with Crippen LogP contribution in [0, 0.1) is 0 Å². The Hall–Kier alpha value is -3.63. The van der Waals surface area contributed by atoms with Crippen molar-refractivity contribution in [1.82, 2.24) is 19.4 Å². The van der Waals surface area contributed by atoms with Gasteiger partial charge in [-0.2, -0.15) is 4.98 Å². The summed E-state index contributed by atoms with van der Waals surface area (Å²) in [7, 11) is 0.897. The second kappa shape index (κ2) is 9.84. The summed E-state index contributed by atoms with van der Waals surface area (Å²) in [5.41, 5.74) is 4.25. The second-order valence-corrected chi connectivity index (χ2v) is 13.3. The molecule has 9 nitrogen and oxygen atoms in total. The van der Waals surface area contributed by atoms with E-state index in [-0.39, 0.29) is 0 Å². The lowest BCUT2D eigenvalue weighted by Crippen LogP contribution is -2.41. The number of hydrogen-bond donors (Lipinski definition) is 2. The number of fused-ring (bicyclic) bond motifs is 1. The number of benzene rings is 2. The second-order valence-electron chi connectivity index (χ2n) is 11.1. The average Bonchev–Trinajstić information content (AvgIpc) is 3.56. The van der Waals surface area contributed by atoms with Crippen LogP contribution in [0.3, 0.4) is 0 Å². The van der Waals surface area contributed by atoms with Crippen LogP contribution < -0.4 is 14.9 Å². The maximum atomic E-state index is 12.7. The first-order valence-corrected chi connectivity index (χ1v) is 14.9. The molecule has 1 aliphatic carbocycles. The monoisotopic (exact) mass is 545 g/mol. The van der Waals surface area contributed by atoms with Gasteiger partial charge in [-0.05, 0) is 95.2 Å². The van der Waals surface area contributed by atoms with Gasteiger partial charge in [0.05, 0.1) is 10.4 Å². The van der Waals surface area contributed by atoms with Crippen LogP contribution in [0.2, 0.25) is 0 Å². The largest absolute Gasteiger partial charge is 0.371 e. The molecule has 0 unspecified atom stereocenters. The minimum atomic E-state index is -3.43. The smallest absolute Gasteiger partial charge is 0.238 e. The van der Waals surface area contributed by atoms with Crippen molar-refractivity contribution < 1.29 is 8.42 Å². The highest BCUT2D eigenvalue weighted by atomic mass is 32.2. The van der Waals surface area contributed by atoms with E-state index in [4.69, 9.17) is 4.98 Å². The van der Waals surface area contributed by atoms with E-state index in [1.165, 1.54) is 18.5 Å². The van der Waals surface area contributed by atoms with Crippen molar-refractivity contribution in [2.45, 2.75) is 43.4 Å². The van der Waals surface area contributed by atoms with Gasteiger partial charge in [0.1, 0.15) is 5.65 Å². The highest BCUT2D eigenvalue weighted by molar-refractivity contribution is 7.94. The van der Waals surface area contributed by atoms with E-state index in [9.17, 15) is 8.42 Å². The molecule has 1 saturated carbocycles. The van der Waals surface area contributed by atoms with Crippen LogP contribution in [0.1, 0.15) is 32.6 Å². The molecule has 204 valence electrons. The van der Waals surface area contributed by atoms with Crippen LogP contribution in [0.15, 0.2) is 67.0 Å². The molecule has 10 heteroatoms. The Morgan fingerprint density at radius 3 is 2.41 bits per heavy atom. The summed E-state index contributed by atoms with van der Waals surface area (Å²) in [5, 5.41) is 4.23. The number of anilines is 4. The summed E-state index contributed by atoms with van der Waals surface area (Å²) in [6, 6.07) is 18.4. The van der Waals surface area contributed by atoms with E-state index in [0.717, 1.165) is 35.5 Å². The molecule has 0 atom stereocenters. The molecule has 6 rings (SSSR count). The number of rotatable bonds is 8. The van der Waals surface area contributed by atoms with Crippen LogP contribution in [-0.4, -0.2) is 65.8 Å². The van der Waals surface area contributed by atoms with Gasteiger partial charge in [0.2, 0.25) is 16.0 Å². The fourth-order valence-electron chi connectivity index (χ4n) is 5.15. The van der Waals surface area contributed by atoms with Crippen LogP contribution >= 0.6 is 0 Å². The Kier molecular flexibility index (Phi) is 6.47. The number of aromatic nitrogens is 3. The minimum absolute atomic E-state index is 0.500. The number of hydrogen-bond acceptors (Lipinski definition) is 7. The van der Waals surface area contributed by atoms with Crippen molar-refractivity contribution >= 4 is 44.1 Å². The number of sulfonamides is 1. The van der Waals surface area contributed by atoms with Gasteiger partial charge in [-0.3, -0.25) is 4.72 Å². The standard InChI is InChI=1S/C29H35N7O2S/c1-29(14-15-29)39(37,38)33-23-5-4-6-26(19-23)36-18-11-21-20-30-28(32-27(21)36)31-22-7-9-25(10-8-22)35-16-12-24(13-17-35)34(2)3/h4-11,18-20,24,33H,12-17H2,1-3H3,(H,30,31,32). The summed E-state index contributed by atoms with van der Waals surface area (Å²) < 4.78 is 29.5. The Labute approximate surface area is 229 Å². The lowest BCUT2D eigenvalue weighted by atomic mass is 10.0. The molecule has 39 heavy (non-hydrogen) atoms. The molecule has 2 aliphatic rings. The van der Waals surface area contributed by atoms with Gasteiger partial charge in [-0.15, -0.1) is 0 Å². The maximum absolute atomic E-state index is 12.7. The van der Waals surface area contributed by atoms with Crippen LogP contribution in [0.4, 0.5) is 23.0 Å². The molecule has 1 saturated heterocycles. The van der Waals surface area contributed by atoms with Crippen molar-refractivity contribution in [2.75, 3.05) is 42.1 Å². The predicted molar refractivity (Wildman–Crippen MR) is 158 cm³/mol. The van der Waals surface area contributed by atoms with Gasteiger partial charge in [-0.25, -0.2) is 13.4 Å². The van der Waals surface area contributed by atoms with Gasteiger partial charge < -0.3 is 19.7 Å². The third kappa shape index (κ3) is 5.18. The molecular weight excluding hydrogens is 510 g/mol. The van der Waals surface area contributed by atoms with Gasteiger partial charge in [0.25, 0.3) is 0 Å². The molecule has 2 fully saturated rings. The van der Waals surface area contributed by atoms with E-state index < -0.39 is 14.8 Å². The van der Waals surface area contributed by atoms with Crippen LogP contribution in [0.25, 0.3) is 16.7 Å². The van der Waals surface area contributed by atoms with Crippen molar-refractivity contribution in [3.63, 3.8) is 0 Å². The molecule has 4 aromatic rings. The first-order chi connectivity index (χ1) is 18.7. The molecule has 0 radical (unpaired) electrons. The Balaban J connectivity index is 1.18. The molecule has 2 N–H and O–H groups in total. The lowest BCUT2D eigenvalue weighted by Gasteiger charge is -2.36. The summed E-state index contributed by atoms with van der Waals surface area (Å²) in [4.78, 5) is 14.1. The summed E-state index contributed by atoms with van der Waals surface area (Å²) in [6.45, 7) is 3.91. The highest BCUT2D eigenvalue weighted by Crippen LogP contribution is 2.43. The van der Waals surface area contributed by atoms with Crippen LogP contribution in [0.5, 0.6) is 0 Å². The topological polar surface area (TPSA) is 95.4 Å². The fourth-order valence-corrected chi connectivity index (χ4v) is 6.48. The van der Waals surface area contributed by atoms with Crippen molar-refractivity contribution in [1.29, 1.82) is 0 Å². The van der Waals surface area contributed by atoms with E-state index in [1.807, 2.05) is 35.0 Å². The van der Waals surface area contributed by atoms with Crippen molar-refractivity contribution in [2.24, 2.45) is 0 Å². The zero-order valence-electron chi connectivity index (χ0n) is 22.6. The zero-order valence-corrected chi connectivity index (χ0v) is 23.4. The Morgan fingerprint density at radius 2 is 1.72 bits per heavy atom. The molecule has 0 amide bonds. The van der Waals surface area contributed by atoms with Gasteiger partial charge in [0.15, 0.2) is 0 Å². The third-order valence-corrected chi connectivity index (χ3v) is 10.3. The number of nitrogens with one attached hydrogen (secondary N) is 2. The molecule has 0 bridgehead atoms. The molecule has 1 aliphatic heterocycles. The average molecular weight is 546 g/mol. The third-order valence-electron chi connectivity index (χ3n) is 8.09. The van der Waals surface area contributed by atoms with E-state index in [1.54, 1.807) is 19.2 Å². The van der Waals surface area contributed by atoms with Crippen molar-refractivity contribution in [3.8, 4) is 5.69 Å². The molecule has 2 aromatic carbocycles. The minimum Gasteiger partial charge on any atom is -0.371 e. The first-order valence-electron chi connectivity index (χ1n) is 13.5. The highest BCUT2D eigenvalue weighted by Gasteiger charge is 2.50. The fraction of sp³-hybridized carbons (Fsp3) is 0.379. The normalized spacial score (nSPS) is 17.5. The number of nitrogens with zero attached hydrogens (tertiary/aromatic N) is 5. The summed E-state index contributed by atoms with van der Waals surface area (Å²) >= 11 is 0. The van der Waals surface area contributed by atoms with Crippen molar-refractivity contribution in [3.05, 3.63) is 67.0 Å². The van der Waals surface area contributed by atoms with E-state index in [2.05, 4.69) is 63.2 Å². The maximum Gasteiger partial charge on any atom is 0.238 e. The number of piperidine rings is 1. The zero-order chi connectivity index (χ0) is 27.2. The van der Waals surface area contributed by atoms with E-state index >= 15 is 0 Å².